The van der Waals surface area contributed by atoms with Crippen LogP contribution < -0.4 is 5.32 Å². The van der Waals surface area contributed by atoms with Gasteiger partial charge in [0, 0.05) is 4.47 Å². The van der Waals surface area contributed by atoms with Gasteiger partial charge in [0.05, 0.1) is 0 Å². The van der Waals surface area contributed by atoms with Crippen molar-refractivity contribution < 1.29 is 0 Å². The van der Waals surface area contributed by atoms with Crippen molar-refractivity contribution in [1.82, 2.24) is 5.32 Å². The maximum absolute atomic E-state index is 3.50. The van der Waals surface area contributed by atoms with Crippen LogP contribution in [0.4, 0.5) is 0 Å². The Bertz CT molecular complexity index is 294. The molecule has 2 heteroatoms. The number of benzene rings is 1. The molecular weight excluding hydrogens is 238 g/mol. The van der Waals surface area contributed by atoms with Crippen LogP contribution in [0.5, 0.6) is 0 Å². The number of aryl methyl sites for hydroxylation is 1. The van der Waals surface area contributed by atoms with E-state index < -0.39 is 0 Å². The van der Waals surface area contributed by atoms with Gasteiger partial charge >= 0.3 is 0 Å². The molecule has 1 heterocycles. The lowest BCUT2D eigenvalue weighted by atomic mass is 9.95. The Kier molecular flexibility index (Phi) is 3.60. The largest absolute Gasteiger partial charge is 0.316 e. The first-order valence-corrected chi connectivity index (χ1v) is 6.09. The van der Waals surface area contributed by atoms with Gasteiger partial charge in [0.25, 0.3) is 0 Å². The monoisotopic (exact) mass is 253 g/mol. The SMILES string of the molecule is Brc1cccc(CCCC2CNC2)c1. The number of halogens is 1. The summed E-state index contributed by atoms with van der Waals surface area (Å²) >= 11 is 3.50. The molecule has 0 saturated carbocycles. The van der Waals surface area contributed by atoms with E-state index in [2.05, 4.69) is 45.5 Å². The maximum atomic E-state index is 3.50. The van der Waals surface area contributed by atoms with E-state index >= 15 is 0 Å². The highest BCUT2D eigenvalue weighted by molar-refractivity contribution is 9.10. The summed E-state index contributed by atoms with van der Waals surface area (Å²) in [5.41, 5.74) is 1.45. The van der Waals surface area contributed by atoms with Gasteiger partial charge in [-0.3, -0.25) is 0 Å². The lowest BCUT2D eigenvalue weighted by Crippen LogP contribution is -2.41. The lowest BCUT2D eigenvalue weighted by molar-refractivity contribution is 0.321. The van der Waals surface area contributed by atoms with E-state index in [4.69, 9.17) is 0 Å². The van der Waals surface area contributed by atoms with Crippen molar-refractivity contribution >= 4 is 15.9 Å². The Morgan fingerprint density at radius 2 is 2.21 bits per heavy atom. The van der Waals surface area contributed by atoms with Crippen molar-refractivity contribution in [2.75, 3.05) is 13.1 Å². The van der Waals surface area contributed by atoms with Crippen molar-refractivity contribution in [3.8, 4) is 0 Å². The van der Waals surface area contributed by atoms with Crippen LogP contribution in [0.3, 0.4) is 0 Å². The van der Waals surface area contributed by atoms with Gasteiger partial charge in [-0.15, -0.1) is 0 Å². The number of nitrogens with one attached hydrogen (secondary N) is 1. The first kappa shape index (κ1) is 10.2. The van der Waals surface area contributed by atoms with Crippen molar-refractivity contribution in [2.24, 2.45) is 5.92 Å². The van der Waals surface area contributed by atoms with Gasteiger partial charge in [-0.25, -0.2) is 0 Å². The van der Waals surface area contributed by atoms with Gasteiger partial charge in [-0.2, -0.15) is 0 Å². The van der Waals surface area contributed by atoms with E-state index in [9.17, 15) is 0 Å². The summed E-state index contributed by atoms with van der Waals surface area (Å²) in [4.78, 5) is 0. The molecule has 0 aromatic heterocycles. The van der Waals surface area contributed by atoms with Crippen molar-refractivity contribution in [3.63, 3.8) is 0 Å². The summed E-state index contributed by atoms with van der Waals surface area (Å²) in [6, 6.07) is 8.63. The van der Waals surface area contributed by atoms with Crippen LogP contribution in [-0.4, -0.2) is 13.1 Å². The molecule has 0 amide bonds. The third kappa shape index (κ3) is 2.82. The average Bonchev–Trinajstić information content (AvgIpc) is 2.09. The minimum absolute atomic E-state index is 0.946. The molecule has 0 spiro atoms. The molecule has 76 valence electrons. The summed E-state index contributed by atoms with van der Waals surface area (Å²) in [7, 11) is 0. The van der Waals surface area contributed by atoms with E-state index in [0.29, 0.717) is 0 Å². The third-order valence-electron chi connectivity index (χ3n) is 2.83. The van der Waals surface area contributed by atoms with Gasteiger partial charge in [0.15, 0.2) is 0 Å². The van der Waals surface area contributed by atoms with Gasteiger partial charge < -0.3 is 5.32 Å². The smallest absolute Gasteiger partial charge is 0.0177 e. The van der Waals surface area contributed by atoms with Gasteiger partial charge in [0.2, 0.25) is 0 Å². The third-order valence-corrected chi connectivity index (χ3v) is 3.33. The number of rotatable bonds is 4. The first-order valence-electron chi connectivity index (χ1n) is 5.30. The molecule has 2 rings (SSSR count). The molecular formula is C12H16BrN. The van der Waals surface area contributed by atoms with Crippen molar-refractivity contribution in [1.29, 1.82) is 0 Å². The molecule has 1 aliphatic rings. The molecule has 1 saturated heterocycles. The molecule has 1 nitrogen and oxygen atoms in total. The van der Waals surface area contributed by atoms with Crippen LogP contribution in [0.1, 0.15) is 18.4 Å². The number of hydrogen-bond acceptors (Lipinski definition) is 1. The van der Waals surface area contributed by atoms with Crippen LogP contribution >= 0.6 is 15.9 Å². The summed E-state index contributed by atoms with van der Waals surface area (Å²) in [6.07, 6.45) is 3.91. The zero-order valence-corrected chi connectivity index (χ0v) is 9.89. The molecule has 1 N–H and O–H groups in total. The van der Waals surface area contributed by atoms with Gasteiger partial charge in [-0.05, 0) is 56.0 Å². The van der Waals surface area contributed by atoms with Gasteiger partial charge in [-0.1, -0.05) is 28.1 Å². The Labute approximate surface area is 94.0 Å². The Morgan fingerprint density at radius 3 is 2.86 bits per heavy atom. The lowest BCUT2D eigenvalue weighted by Gasteiger charge is -2.26. The minimum atomic E-state index is 0.946. The van der Waals surface area contributed by atoms with Gasteiger partial charge in [0.1, 0.15) is 0 Å². The average molecular weight is 254 g/mol. The fraction of sp³-hybridized carbons (Fsp3) is 0.500. The van der Waals surface area contributed by atoms with Crippen molar-refractivity contribution in [3.05, 3.63) is 34.3 Å². The van der Waals surface area contributed by atoms with E-state index in [1.807, 2.05) is 0 Å². The highest BCUT2D eigenvalue weighted by atomic mass is 79.9. The minimum Gasteiger partial charge on any atom is -0.316 e. The standard InChI is InChI=1S/C12H16BrN/c13-12-6-2-4-10(7-12)3-1-5-11-8-14-9-11/h2,4,6-7,11,14H,1,3,5,8-9H2. The molecule has 1 aromatic carbocycles. The van der Waals surface area contributed by atoms with E-state index in [0.717, 1.165) is 5.92 Å². The zero-order chi connectivity index (χ0) is 9.80. The van der Waals surface area contributed by atoms with Crippen LogP contribution in [-0.2, 0) is 6.42 Å². The molecule has 0 unspecified atom stereocenters. The molecule has 14 heavy (non-hydrogen) atoms. The summed E-state index contributed by atoms with van der Waals surface area (Å²) < 4.78 is 1.19. The second-order valence-electron chi connectivity index (χ2n) is 4.05. The summed E-state index contributed by atoms with van der Waals surface area (Å²) in [5.74, 6) is 0.946. The summed E-state index contributed by atoms with van der Waals surface area (Å²) in [5, 5.41) is 3.31. The molecule has 0 aliphatic carbocycles. The Balaban J connectivity index is 1.74. The highest BCUT2D eigenvalue weighted by Gasteiger charge is 2.15. The molecule has 1 fully saturated rings. The first-order chi connectivity index (χ1) is 6.84. The number of hydrogen-bond donors (Lipinski definition) is 1. The second kappa shape index (κ2) is 4.94. The van der Waals surface area contributed by atoms with Crippen LogP contribution in [0.25, 0.3) is 0 Å². The fourth-order valence-corrected chi connectivity index (χ4v) is 2.29. The van der Waals surface area contributed by atoms with E-state index in [1.165, 1.54) is 42.4 Å². The quantitative estimate of drug-likeness (QED) is 0.871. The fourth-order valence-electron chi connectivity index (χ4n) is 1.84. The second-order valence-corrected chi connectivity index (χ2v) is 4.96. The normalized spacial score (nSPS) is 16.6. The Hall–Kier alpha value is -0.340. The van der Waals surface area contributed by atoms with Crippen LogP contribution in [0.2, 0.25) is 0 Å². The Morgan fingerprint density at radius 1 is 1.36 bits per heavy atom. The van der Waals surface area contributed by atoms with E-state index in [-0.39, 0.29) is 0 Å². The highest BCUT2D eigenvalue weighted by Crippen LogP contribution is 2.16. The zero-order valence-electron chi connectivity index (χ0n) is 8.30. The molecule has 0 bridgehead atoms. The van der Waals surface area contributed by atoms with Crippen LogP contribution in [0, 0.1) is 5.92 Å². The van der Waals surface area contributed by atoms with Crippen molar-refractivity contribution in [2.45, 2.75) is 19.3 Å². The van der Waals surface area contributed by atoms with Crippen LogP contribution in [0.15, 0.2) is 28.7 Å². The molecule has 1 aliphatic heterocycles. The predicted octanol–water partition coefficient (Wildman–Crippen LogP) is 2.99. The maximum Gasteiger partial charge on any atom is 0.0177 e. The summed E-state index contributed by atoms with van der Waals surface area (Å²) in [6.45, 7) is 2.47. The molecule has 1 aromatic rings. The molecule has 0 atom stereocenters. The van der Waals surface area contributed by atoms with E-state index in [1.54, 1.807) is 0 Å². The topological polar surface area (TPSA) is 12.0 Å². The predicted molar refractivity (Wildman–Crippen MR) is 63.4 cm³/mol. The molecule has 0 radical (unpaired) electrons.